The Labute approximate surface area is 297 Å². The van der Waals surface area contributed by atoms with E-state index < -0.39 is 68.4 Å². The van der Waals surface area contributed by atoms with E-state index in [1.807, 2.05) is 30.3 Å². The average Bonchev–Trinajstić information content (AvgIpc) is 3.32. The van der Waals surface area contributed by atoms with Crippen LogP contribution < -0.4 is 10.0 Å². The topological polar surface area (TPSA) is 194 Å². The normalized spacial score (nSPS) is 19.7. The number of carbonyl (C=O) groups excluding carboxylic acids is 4. The van der Waals surface area contributed by atoms with E-state index in [0.717, 1.165) is 5.56 Å². The molecule has 2 amide bonds. The van der Waals surface area contributed by atoms with Gasteiger partial charge < -0.3 is 43.4 Å². The molecule has 2 aliphatic heterocycles. The van der Waals surface area contributed by atoms with Crippen LogP contribution >= 0.6 is 11.8 Å². The Hall–Kier alpha value is -3.00. The van der Waals surface area contributed by atoms with Gasteiger partial charge in [-0.2, -0.15) is 4.72 Å². The number of fused-ring (bicyclic) bond motifs is 1. The number of thioether (sulfide) groups is 1. The molecule has 0 aromatic heterocycles. The lowest BCUT2D eigenvalue weighted by molar-refractivity contribution is -0.180. The number of esters is 2. The van der Waals surface area contributed by atoms with E-state index in [4.69, 9.17) is 33.2 Å². The van der Waals surface area contributed by atoms with Gasteiger partial charge in [0.1, 0.15) is 24.1 Å². The maximum atomic E-state index is 12.9. The number of hydrogen-bond acceptors (Lipinski definition) is 14. The summed E-state index contributed by atoms with van der Waals surface area (Å²) in [6, 6.07) is 7.37. The number of β-lactam (4-membered cyclic amide) rings is 1. The SMILES string of the molecule is CC(C)(C)C(=O)OCOC(=O)[C@@H]1N2C(=O)[C@@H](NS(=O)(=O)CCOCCOCCOCCOCCNC(=O)OCc3ccccc3)[C@H]2SC1(C)C. The number of sulfonamides is 1. The molecule has 0 unspecified atom stereocenters. The summed E-state index contributed by atoms with van der Waals surface area (Å²) >= 11 is 1.29. The number of amides is 2. The molecule has 2 N–H and O–H groups in total. The monoisotopic (exact) mass is 747 g/mol. The first-order valence-electron chi connectivity index (χ1n) is 16.2. The molecule has 18 heteroatoms. The first kappa shape index (κ1) is 41.4. The molecule has 2 heterocycles. The van der Waals surface area contributed by atoms with Crippen LogP contribution in [0.1, 0.15) is 40.2 Å². The number of carbonyl (C=O) groups is 4. The molecule has 50 heavy (non-hydrogen) atoms. The van der Waals surface area contributed by atoms with Crippen molar-refractivity contribution in [1.82, 2.24) is 14.9 Å². The summed E-state index contributed by atoms with van der Waals surface area (Å²) in [5.41, 5.74) is 0.133. The molecule has 282 valence electrons. The molecular formula is C32H49N3O13S2. The molecule has 3 atom stereocenters. The number of rotatable bonds is 22. The van der Waals surface area contributed by atoms with E-state index in [-0.39, 0.29) is 32.2 Å². The second kappa shape index (κ2) is 19.6. The summed E-state index contributed by atoms with van der Waals surface area (Å²) in [5, 5.41) is 2.01. The summed E-state index contributed by atoms with van der Waals surface area (Å²) in [6.45, 7) is 10.4. The summed E-state index contributed by atoms with van der Waals surface area (Å²) in [5.74, 6) is -2.18. The van der Waals surface area contributed by atoms with Crippen LogP contribution in [0.3, 0.4) is 0 Å². The van der Waals surface area contributed by atoms with E-state index in [2.05, 4.69) is 10.0 Å². The second-order valence-corrected chi connectivity index (χ2v) is 16.5. The fraction of sp³-hybridized carbons (Fsp3) is 0.688. The van der Waals surface area contributed by atoms with Gasteiger partial charge in [0.05, 0.1) is 64.0 Å². The number of ether oxygens (including phenoxy) is 7. The van der Waals surface area contributed by atoms with E-state index in [0.29, 0.717) is 39.6 Å². The lowest BCUT2D eigenvalue weighted by atomic mass is 9.96. The highest BCUT2D eigenvalue weighted by molar-refractivity contribution is 8.01. The maximum absolute atomic E-state index is 12.9. The van der Waals surface area contributed by atoms with Crippen LogP contribution in [0.4, 0.5) is 4.79 Å². The van der Waals surface area contributed by atoms with Gasteiger partial charge >= 0.3 is 18.0 Å². The Balaban J connectivity index is 1.18. The molecule has 16 nitrogen and oxygen atoms in total. The van der Waals surface area contributed by atoms with Crippen LogP contribution in [-0.4, -0.2) is 131 Å². The Bertz CT molecular complexity index is 1370. The number of nitrogens with one attached hydrogen (secondary N) is 2. The first-order valence-corrected chi connectivity index (χ1v) is 18.7. The highest BCUT2D eigenvalue weighted by atomic mass is 32.2. The lowest BCUT2D eigenvalue weighted by Gasteiger charge is -2.43. The quantitative estimate of drug-likeness (QED) is 0.0749. The highest BCUT2D eigenvalue weighted by Crippen LogP contribution is 2.51. The fourth-order valence-corrected chi connectivity index (χ4v) is 7.50. The Morgan fingerprint density at radius 3 is 2.04 bits per heavy atom. The molecule has 0 bridgehead atoms. The van der Waals surface area contributed by atoms with Gasteiger partial charge in [0.2, 0.25) is 22.7 Å². The molecule has 1 aromatic carbocycles. The van der Waals surface area contributed by atoms with Crippen molar-refractivity contribution < 1.29 is 60.8 Å². The summed E-state index contributed by atoms with van der Waals surface area (Å²) < 4.78 is 63.8. The molecular weight excluding hydrogens is 698 g/mol. The van der Waals surface area contributed by atoms with Crippen molar-refractivity contribution in [2.24, 2.45) is 5.41 Å². The van der Waals surface area contributed by atoms with Gasteiger partial charge in [0.15, 0.2) is 0 Å². The molecule has 3 rings (SSSR count). The zero-order valence-corrected chi connectivity index (χ0v) is 30.8. The van der Waals surface area contributed by atoms with Crippen LogP contribution in [0.15, 0.2) is 30.3 Å². The van der Waals surface area contributed by atoms with E-state index >= 15 is 0 Å². The predicted octanol–water partition coefficient (Wildman–Crippen LogP) is 1.42. The molecule has 0 saturated carbocycles. The number of nitrogens with zero attached hydrogens (tertiary/aromatic N) is 1. The van der Waals surface area contributed by atoms with Crippen molar-refractivity contribution in [3.63, 3.8) is 0 Å². The molecule has 2 aliphatic rings. The second-order valence-electron chi connectivity index (χ2n) is 12.9. The number of benzene rings is 1. The third-order valence-electron chi connectivity index (χ3n) is 7.32. The molecule has 0 radical (unpaired) electrons. The molecule has 0 spiro atoms. The van der Waals surface area contributed by atoms with E-state index in [1.54, 1.807) is 34.6 Å². The van der Waals surface area contributed by atoms with Crippen molar-refractivity contribution in [2.75, 3.05) is 71.9 Å². The van der Waals surface area contributed by atoms with Crippen molar-refractivity contribution in [3.8, 4) is 0 Å². The Morgan fingerprint density at radius 2 is 1.44 bits per heavy atom. The summed E-state index contributed by atoms with van der Waals surface area (Å²) in [4.78, 5) is 50.7. The van der Waals surface area contributed by atoms with E-state index in [9.17, 15) is 27.6 Å². The van der Waals surface area contributed by atoms with Crippen LogP contribution in [-0.2, 0) is 64.2 Å². The molecule has 0 aliphatic carbocycles. The third kappa shape index (κ3) is 13.3. The molecule has 2 saturated heterocycles. The van der Waals surface area contributed by atoms with Crippen molar-refractivity contribution in [2.45, 2.75) is 63.4 Å². The van der Waals surface area contributed by atoms with Gasteiger partial charge in [-0.15, -0.1) is 11.8 Å². The standard InChI is InChI=1S/C32H49N3O13S2/c1-31(2,3)29(38)48-22-47-28(37)25-32(4,5)49-27-24(26(36)35(25)27)34-50(40,41)20-19-45-18-17-44-16-15-43-14-13-42-12-11-33-30(39)46-21-23-9-7-6-8-10-23/h6-10,24-25,27,34H,11-22H2,1-5H3,(H,33,39)/t24-,25+,27-/m1/s1. The van der Waals surface area contributed by atoms with Crippen molar-refractivity contribution >= 4 is 45.7 Å². The van der Waals surface area contributed by atoms with Crippen LogP contribution in [0.5, 0.6) is 0 Å². The van der Waals surface area contributed by atoms with Crippen LogP contribution in [0.2, 0.25) is 0 Å². The minimum absolute atomic E-state index is 0.109. The van der Waals surface area contributed by atoms with Crippen molar-refractivity contribution in [3.05, 3.63) is 35.9 Å². The zero-order valence-electron chi connectivity index (χ0n) is 29.2. The summed E-state index contributed by atoms with van der Waals surface area (Å²) in [6.07, 6.45) is -0.515. The minimum Gasteiger partial charge on any atom is -0.445 e. The van der Waals surface area contributed by atoms with Gasteiger partial charge in [0.25, 0.3) is 0 Å². The van der Waals surface area contributed by atoms with Crippen LogP contribution in [0, 0.1) is 5.41 Å². The fourth-order valence-electron chi connectivity index (χ4n) is 4.72. The van der Waals surface area contributed by atoms with Gasteiger partial charge in [-0.05, 0) is 40.2 Å². The van der Waals surface area contributed by atoms with Gasteiger partial charge in [-0.3, -0.25) is 9.59 Å². The minimum atomic E-state index is -3.87. The Kier molecular flexibility index (Phi) is 16.2. The number of hydrogen-bond donors (Lipinski definition) is 2. The maximum Gasteiger partial charge on any atom is 0.407 e. The van der Waals surface area contributed by atoms with Gasteiger partial charge in [0, 0.05) is 11.3 Å². The first-order chi connectivity index (χ1) is 23.6. The smallest absolute Gasteiger partial charge is 0.407 e. The largest absolute Gasteiger partial charge is 0.445 e. The van der Waals surface area contributed by atoms with Gasteiger partial charge in [-0.1, -0.05) is 30.3 Å². The molecule has 1 aromatic rings. The molecule has 2 fully saturated rings. The lowest BCUT2D eigenvalue weighted by Crippen LogP contribution is -2.70. The highest BCUT2D eigenvalue weighted by Gasteiger charge is 2.64. The Morgan fingerprint density at radius 1 is 0.860 bits per heavy atom. The zero-order chi connectivity index (χ0) is 36.8. The van der Waals surface area contributed by atoms with Gasteiger partial charge in [-0.25, -0.2) is 18.0 Å². The number of alkyl carbamates (subject to hydrolysis) is 1. The predicted molar refractivity (Wildman–Crippen MR) is 181 cm³/mol. The average molecular weight is 748 g/mol. The third-order valence-corrected chi connectivity index (χ3v) is 10.2. The summed E-state index contributed by atoms with van der Waals surface area (Å²) in [7, 11) is -3.87. The van der Waals surface area contributed by atoms with Crippen LogP contribution in [0.25, 0.3) is 0 Å². The van der Waals surface area contributed by atoms with E-state index in [1.165, 1.54) is 16.7 Å². The van der Waals surface area contributed by atoms with Crippen molar-refractivity contribution in [1.29, 1.82) is 0 Å².